The lowest BCUT2D eigenvalue weighted by Crippen LogP contribution is -2.00. The van der Waals surface area contributed by atoms with Gasteiger partial charge in [-0.2, -0.15) is 0 Å². The smallest absolute Gasteiger partial charge is 0.177 e. The second-order valence-corrected chi connectivity index (χ2v) is 8.75. The van der Waals surface area contributed by atoms with Crippen LogP contribution in [0.2, 0.25) is 30.1 Å². The number of benzene rings is 2. The van der Waals surface area contributed by atoms with E-state index < -0.39 is 9.84 Å². The van der Waals surface area contributed by atoms with Gasteiger partial charge in [0.25, 0.3) is 0 Å². The molecule has 2 nitrogen and oxygen atoms in total. The molecule has 0 aliphatic heterocycles. The lowest BCUT2D eigenvalue weighted by Gasteiger charge is -2.14. The number of sulfone groups is 1. The van der Waals surface area contributed by atoms with E-state index in [9.17, 15) is 8.42 Å². The summed E-state index contributed by atoms with van der Waals surface area (Å²) < 4.78 is 23.4. The van der Waals surface area contributed by atoms with Gasteiger partial charge in [0.2, 0.25) is 0 Å². The van der Waals surface area contributed by atoms with E-state index in [4.69, 9.17) is 69.6 Å². The zero-order valence-electron chi connectivity index (χ0n) is 10.7. The van der Waals surface area contributed by atoms with Gasteiger partial charge >= 0.3 is 0 Å². The predicted octanol–water partition coefficient (Wildman–Crippen LogP) is 6.68. The predicted molar refractivity (Wildman–Crippen MR) is 95.0 cm³/mol. The number of halogens is 6. The van der Waals surface area contributed by atoms with Crippen LogP contribution in [-0.2, 0) is 9.84 Å². The molecule has 0 saturated heterocycles. The van der Waals surface area contributed by atoms with E-state index in [1.54, 1.807) is 0 Å². The van der Waals surface area contributed by atoms with Crippen molar-refractivity contribution in [2.45, 2.75) is 4.90 Å². The molecule has 0 bridgehead atoms. The van der Waals surface area contributed by atoms with Crippen LogP contribution in [0.25, 0.3) is 11.1 Å². The summed E-state index contributed by atoms with van der Waals surface area (Å²) in [7, 11) is -3.58. The minimum atomic E-state index is -3.58. The fourth-order valence-electron chi connectivity index (χ4n) is 1.80. The monoisotopic (exact) mass is 438 g/mol. The molecular weight excluding hydrogens is 435 g/mol. The standard InChI is InChI=1S/C13H6Cl6O2S/c1-22(20,21)10-4-9(17)11(13(19)12(10)18)5-2-7(15)8(16)3-6(5)14/h2-4H,1H3/i1+2. The van der Waals surface area contributed by atoms with Crippen molar-refractivity contribution in [3.63, 3.8) is 0 Å². The van der Waals surface area contributed by atoms with Gasteiger partial charge in [-0.1, -0.05) is 69.6 Å². The van der Waals surface area contributed by atoms with Gasteiger partial charge in [-0.3, -0.25) is 0 Å². The van der Waals surface area contributed by atoms with Crippen LogP contribution in [0.4, 0.5) is 0 Å². The Morgan fingerprint density at radius 2 is 1.27 bits per heavy atom. The number of hydrogen-bond acceptors (Lipinski definition) is 2. The topological polar surface area (TPSA) is 34.1 Å². The minimum Gasteiger partial charge on any atom is -0.224 e. The summed E-state index contributed by atoms with van der Waals surface area (Å²) in [6, 6.07) is 4.14. The summed E-state index contributed by atoms with van der Waals surface area (Å²) in [4.78, 5) is -0.163. The molecule has 0 aliphatic carbocycles. The first-order chi connectivity index (χ1) is 10.0. The van der Waals surface area contributed by atoms with Gasteiger partial charge < -0.3 is 0 Å². The molecule has 0 amide bonds. The van der Waals surface area contributed by atoms with Crippen LogP contribution in [0, 0.1) is 0 Å². The summed E-state index contributed by atoms with van der Waals surface area (Å²) in [5.74, 6) is 0. The van der Waals surface area contributed by atoms with Gasteiger partial charge in [-0.05, 0) is 18.2 Å². The van der Waals surface area contributed by atoms with Gasteiger partial charge in [0, 0.05) is 17.4 Å². The molecule has 0 aromatic heterocycles. The Kier molecular flexibility index (Phi) is 5.51. The third-order valence-electron chi connectivity index (χ3n) is 2.80. The van der Waals surface area contributed by atoms with Crippen LogP contribution < -0.4 is 0 Å². The van der Waals surface area contributed by atoms with Gasteiger partial charge in [0.15, 0.2) is 9.84 Å². The molecule has 0 N–H and O–H groups in total. The van der Waals surface area contributed by atoms with Crippen LogP contribution in [0.15, 0.2) is 23.1 Å². The molecule has 118 valence electrons. The van der Waals surface area contributed by atoms with Crippen LogP contribution in [0.3, 0.4) is 0 Å². The zero-order chi connectivity index (χ0) is 16.8. The highest BCUT2D eigenvalue weighted by Gasteiger charge is 2.23. The molecule has 2 aromatic rings. The highest BCUT2D eigenvalue weighted by atomic mass is 35.5. The molecule has 0 radical (unpaired) electrons. The highest BCUT2D eigenvalue weighted by molar-refractivity contribution is 7.90. The van der Waals surface area contributed by atoms with Gasteiger partial charge in [-0.15, -0.1) is 0 Å². The Morgan fingerprint density at radius 1 is 0.727 bits per heavy atom. The Hall–Kier alpha value is 0.130. The summed E-state index contributed by atoms with van der Waals surface area (Å²) >= 11 is 36.4. The van der Waals surface area contributed by atoms with Crippen molar-refractivity contribution in [3.05, 3.63) is 48.3 Å². The van der Waals surface area contributed by atoms with Crippen LogP contribution in [-0.4, -0.2) is 14.7 Å². The largest absolute Gasteiger partial charge is 0.224 e. The molecular formula is C13H6Cl6O2S. The van der Waals surface area contributed by atoms with Crippen molar-refractivity contribution >= 4 is 79.4 Å². The summed E-state index contributed by atoms with van der Waals surface area (Å²) in [5.41, 5.74) is 0.678. The molecule has 0 aliphatic rings. The lowest BCUT2D eigenvalue weighted by atomic mass is 10.1. The van der Waals surface area contributed by atoms with Crippen molar-refractivity contribution in [2.75, 3.05) is 6.26 Å². The molecule has 2 aromatic carbocycles. The molecule has 22 heavy (non-hydrogen) atoms. The first-order valence-corrected chi connectivity index (χ1v) is 9.72. The maximum Gasteiger partial charge on any atom is 0.177 e. The fraction of sp³-hybridized carbons (Fsp3) is 0.0769. The Labute approximate surface area is 157 Å². The minimum absolute atomic E-state index is 0.0325. The fourth-order valence-corrected chi connectivity index (χ4v) is 4.55. The van der Waals surface area contributed by atoms with E-state index in [2.05, 4.69) is 0 Å². The van der Waals surface area contributed by atoms with E-state index in [0.29, 0.717) is 5.56 Å². The SMILES string of the molecule is [14CH3]S(=O)(=O)c1cc(Cl)c(-c2cc(Cl)c(Cl)cc2Cl)c(Cl)c1Cl. The van der Waals surface area contributed by atoms with Gasteiger partial charge in [-0.25, -0.2) is 8.42 Å². The molecule has 0 saturated carbocycles. The molecule has 0 atom stereocenters. The Bertz CT molecular complexity index is 877. The molecule has 0 spiro atoms. The molecule has 0 fully saturated rings. The zero-order valence-corrected chi connectivity index (χ0v) is 16.1. The summed E-state index contributed by atoms with van der Waals surface area (Å²) in [5, 5.41) is 0.676. The summed E-state index contributed by atoms with van der Waals surface area (Å²) in [6.45, 7) is 0. The molecule has 9 heteroatoms. The normalized spacial score (nSPS) is 11.8. The lowest BCUT2D eigenvalue weighted by molar-refractivity contribution is 0.602. The van der Waals surface area contributed by atoms with E-state index in [1.165, 1.54) is 18.2 Å². The van der Waals surface area contributed by atoms with Crippen molar-refractivity contribution in [3.8, 4) is 11.1 Å². The maximum absolute atomic E-state index is 11.7. The quantitative estimate of drug-likeness (QED) is 0.488. The second kappa shape index (κ2) is 6.56. The van der Waals surface area contributed by atoms with Crippen LogP contribution in [0.1, 0.15) is 0 Å². The molecule has 0 unspecified atom stereocenters. The second-order valence-electron chi connectivity index (χ2n) is 4.38. The number of rotatable bonds is 2. The Morgan fingerprint density at radius 3 is 1.82 bits per heavy atom. The average molecular weight is 441 g/mol. The third kappa shape index (κ3) is 3.46. The van der Waals surface area contributed by atoms with Crippen LogP contribution >= 0.6 is 69.6 Å². The van der Waals surface area contributed by atoms with Crippen molar-refractivity contribution in [1.82, 2.24) is 0 Å². The Balaban J connectivity index is 2.84. The van der Waals surface area contributed by atoms with Crippen molar-refractivity contribution < 1.29 is 8.42 Å². The number of hydrogen-bond donors (Lipinski definition) is 0. The maximum atomic E-state index is 11.7. The van der Waals surface area contributed by atoms with E-state index in [1.807, 2.05) is 0 Å². The first kappa shape index (κ1) is 18.5. The van der Waals surface area contributed by atoms with Gasteiger partial charge in [0.1, 0.15) is 0 Å². The molecule has 2 rings (SSSR count). The van der Waals surface area contributed by atoms with Crippen LogP contribution in [0.5, 0.6) is 0 Å². The van der Waals surface area contributed by atoms with Crippen molar-refractivity contribution in [2.24, 2.45) is 0 Å². The van der Waals surface area contributed by atoms with E-state index in [0.717, 1.165) is 6.26 Å². The van der Waals surface area contributed by atoms with Gasteiger partial charge in [0.05, 0.1) is 35.0 Å². The van der Waals surface area contributed by atoms with E-state index in [-0.39, 0.29) is 40.6 Å². The average Bonchev–Trinajstić information content (AvgIpc) is 2.38. The van der Waals surface area contributed by atoms with E-state index >= 15 is 0 Å². The van der Waals surface area contributed by atoms with Crippen molar-refractivity contribution in [1.29, 1.82) is 0 Å². The first-order valence-electron chi connectivity index (χ1n) is 5.56. The third-order valence-corrected chi connectivity index (χ3v) is 6.24. The molecule has 0 heterocycles. The summed E-state index contributed by atoms with van der Waals surface area (Å²) in [6.07, 6.45) is 1.01. The highest BCUT2D eigenvalue weighted by Crippen LogP contribution is 2.46.